The van der Waals surface area contributed by atoms with Crippen LogP contribution in [0.3, 0.4) is 0 Å². The van der Waals surface area contributed by atoms with Crippen LogP contribution in [0.2, 0.25) is 0 Å². The third-order valence-corrected chi connectivity index (χ3v) is 6.53. The van der Waals surface area contributed by atoms with Gasteiger partial charge in [0.15, 0.2) is 0 Å². The van der Waals surface area contributed by atoms with E-state index in [0.29, 0.717) is 30.7 Å². The highest BCUT2D eigenvalue weighted by molar-refractivity contribution is 5.96. The zero-order valence-corrected chi connectivity index (χ0v) is 17.1. The molecule has 6 rings (SSSR count). The minimum Gasteiger partial charge on any atom is -0.339 e. The predicted molar refractivity (Wildman–Crippen MR) is 117 cm³/mol. The molecule has 7 nitrogen and oxygen atoms in total. The molecule has 0 N–H and O–H groups in total. The van der Waals surface area contributed by atoms with Crippen molar-refractivity contribution in [3.63, 3.8) is 0 Å². The summed E-state index contributed by atoms with van der Waals surface area (Å²) in [4.78, 5) is 23.5. The molecule has 2 aliphatic rings. The molecule has 2 aromatic carbocycles. The van der Waals surface area contributed by atoms with Gasteiger partial charge in [-0.25, -0.2) is 4.98 Å². The Hall–Kier alpha value is -3.48. The molecule has 1 aliphatic heterocycles. The van der Waals surface area contributed by atoms with E-state index in [-0.39, 0.29) is 11.8 Å². The number of anilines is 1. The molecule has 7 heteroatoms. The predicted octanol–water partition coefficient (Wildman–Crippen LogP) is 4.72. The Balaban J connectivity index is 1.24. The van der Waals surface area contributed by atoms with Gasteiger partial charge in [-0.15, -0.1) is 0 Å². The summed E-state index contributed by atoms with van der Waals surface area (Å²) in [5.41, 5.74) is 3.88. The van der Waals surface area contributed by atoms with Crippen LogP contribution in [-0.4, -0.2) is 32.1 Å². The van der Waals surface area contributed by atoms with E-state index in [1.807, 2.05) is 48.8 Å². The maximum atomic E-state index is 12.5. The van der Waals surface area contributed by atoms with Gasteiger partial charge in [0.05, 0.1) is 23.3 Å². The van der Waals surface area contributed by atoms with Gasteiger partial charge in [0, 0.05) is 30.3 Å². The Kier molecular flexibility index (Phi) is 4.33. The van der Waals surface area contributed by atoms with Gasteiger partial charge in [-0.05, 0) is 43.2 Å². The second-order valence-electron chi connectivity index (χ2n) is 8.49. The van der Waals surface area contributed by atoms with Gasteiger partial charge in [-0.2, -0.15) is 4.98 Å². The molecule has 156 valence electrons. The summed E-state index contributed by atoms with van der Waals surface area (Å²) in [6.07, 6.45) is 7.36. The van der Waals surface area contributed by atoms with Crippen molar-refractivity contribution in [2.45, 2.75) is 44.1 Å². The summed E-state index contributed by atoms with van der Waals surface area (Å²) in [5.74, 6) is 1.03. The molecule has 1 saturated heterocycles. The maximum Gasteiger partial charge on any atom is 0.232 e. The molecule has 31 heavy (non-hydrogen) atoms. The van der Waals surface area contributed by atoms with Gasteiger partial charge in [0.2, 0.25) is 17.6 Å². The van der Waals surface area contributed by atoms with E-state index in [9.17, 15) is 4.79 Å². The largest absolute Gasteiger partial charge is 0.339 e. The SMILES string of the molecule is O=C1CC(c2nc(-c3ccc4c(c3)ncn4C3CCCC3)no2)CN1c1ccccc1. The number of fused-ring (bicyclic) bond motifs is 1. The van der Waals surface area contributed by atoms with E-state index in [1.54, 1.807) is 4.90 Å². The fourth-order valence-corrected chi connectivity index (χ4v) is 4.89. The Bertz CT molecular complexity index is 1240. The monoisotopic (exact) mass is 413 g/mol. The lowest BCUT2D eigenvalue weighted by Crippen LogP contribution is -2.24. The number of imidazole rings is 1. The minimum atomic E-state index is -0.0979. The average molecular weight is 413 g/mol. The standard InChI is InChI=1S/C24H23N5O2/c30-22-13-17(14-28(22)18-6-2-1-3-7-18)24-26-23(27-31-24)16-10-11-21-20(12-16)25-15-29(21)19-8-4-5-9-19/h1-3,6-7,10-12,15,17,19H,4-5,8-9,13-14H2. The van der Waals surface area contributed by atoms with Gasteiger partial charge >= 0.3 is 0 Å². The van der Waals surface area contributed by atoms with Crippen molar-refractivity contribution in [2.24, 2.45) is 0 Å². The van der Waals surface area contributed by atoms with Crippen LogP contribution in [0.5, 0.6) is 0 Å². The quantitative estimate of drug-likeness (QED) is 0.484. The first-order valence-electron chi connectivity index (χ1n) is 10.9. The second kappa shape index (κ2) is 7.34. The molecule has 1 aliphatic carbocycles. The topological polar surface area (TPSA) is 77.0 Å². The first-order chi connectivity index (χ1) is 15.3. The molecule has 1 atom stereocenters. The fourth-order valence-electron chi connectivity index (χ4n) is 4.89. The number of hydrogen-bond donors (Lipinski definition) is 0. The number of carbonyl (C=O) groups is 1. The lowest BCUT2D eigenvalue weighted by molar-refractivity contribution is -0.117. The number of benzene rings is 2. The lowest BCUT2D eigenvalue weighted by atomic mass is 10.1. The normalized spacial score (nSPS) is 19.7. The molecule has 2 aromatic heterocycles. The summed E-state index contributed by atoms with van der Waals surface area (Å²) in [5, 5.41) is 4.19. The molecule has 1 unspecified atom stereocenters. The van der Waals surface area contributed by atoms with Crippen LogP contribution in [0, 0.1) is 0 Å². The Morgan fingerprint density at radius 1 is 1.03 bits per heavy atom. The van der Waals surface area contributed by atoms with Crippen LogP contribution in [-0.2, 0) is 4.79 Å². The van der Waals surface area contributed by atoms with Crippen molar-refractivity contribution < 1.29 is 9.32 Å². The highest BCUT2D eigenvalue weighted by Crippen LogP contribution is 2.34. The summed E-state index contributed by atoms with van der Waals surface area (Å²) in [6.45, 7) is 0.551. The summed E-state index contributed by atoms with van der Waals surface area (Å²) < 4.78 is 7.87. The van der Waals surface area contributed by atoms with Gasteiger partial charge in [0.1, 0.15) is 0 Å². The van der Waals surface area contributed by atoms with Gasteiger partial charge in [-0.1, -0.05) is 36.2 Å². The van der Waals surface area contributed by atoms with Crippen molar-refractivity contribution in [1.82, 2.24) is 19.7 Å². The molecular formula is C24H23N5O2. The van der Waals surface area contributed by atoms with Crippen molar-refractivity contribution in [3.8, 4) is 11.4 Å². The first-order valence-corrected chi connectivity index (χ1v) is 10.9. The fraction of sp³-hybridized carbons (Fsp3) is 0.333. The summed E-state index contributed by atoms with van der Waals surface area (Å²) in [6, 6.07) is 16.4. The van der Waals surface area contributed by atoms with Crippen LogP contribution < -0.4 is 4.90 Å². The number of carbonyl (C=O) groups excluding carboxylic acids is 1. The van der Waals surface area contributed by atoms with Crippen LogP contribution in [0.4, 0.5) is 5.69 Å². The molecule has 2 fully saturated rings. The lowest BCUT2D eigenvalue weighted by Gasteiger charge is -2.15. The average Bonchev–Trinajstić information content (AvgIpc) is 3.59. The minimum absolute atomic E-state index is 0.0785. The number of hydrogen-bond acceptors (Lipinski definition) is 5. The Morgan fingerprint density at radius 2 is 1.87 bits per heavy atom. The smallest absolute Gasteiger partial charge is 0.232 e. The van der Waals surface area contributed by atoms with E-state index < -0.39 is 0 Å². The van der Waals surface area contributed by atoms with Crippen LogP contribution in [0.15, 0.2) is 59.4 Å². The Morgan fingerprint density at radius 3 is 2.71 bits per heavy atom. The third kappa shape index (κ3) is 3.21. The number of nitrogens with zero attached hydrogens (tertiary/aromatic N) is 5. The molecule has 4 aromatic rings. The molecule has 0 spiro atoms. The van der Waals surface area contributed by atoms with Gasteiger partial charge < -0.3 is 14.0 Å². The first kappa shape index (κ1) is 18.3. The van der Waals surface area contributed by atoms with Crippen molar-refractivity contribution >= 4 is 22.6 Å². The van der Waals surface area contributed by atoms with Crippen LogP contribution in [0.1, 0.15) is 50.0 Å². The molecule has 3 heterocycles. The van der Waals surface area contributed by atoms with E-state index in [1.165, 1.54) is 25.7 Å². The highest BCUT2D eigenvalue weighted by atomic mass is 16.5. The molecule has 1 saturated carbocycles. The van der Waals surface area contributed by atoms with Crippen molar-refractivity contribution in [2.75, 3.05) is 11.4 Å². The van der Waals surface area contributed by atoms with Gasteiger partial charge in [-0.3, -0.25) is 4.79 Å². The number of aromatic nitrogens is 4. The Labute approximate surface area is 179 Å². The number of amides is 1. The maximum absolute atomic E-state index is 12.5. The van der Waals surface area contributed by atoms with E-state index >= 15 is 0 Å². The van der Waals surface area contributed by atoms with Crippen molar-refractivity contribution in [1.29, 1.82) is 0 Å². The number of rotatable bonds is 4. The van der Waals surface area contributed by atoms with Crippen LogP contribution in [0.25, 0.3) is 22.4 Å². The molecule has 0 bridgehead atoms. The number of para-hydroxylation sites is 1. The van der Waals surface area contributed by atoms with Gasteiger partial charge in [0.25, 0.3) is 0 Å². The molecule has 1 amide bonds. The highest BCUT2D eigenvalue weighted by Gasteiger charge is 2.35. The molecular weight excluding hydrogens is 390 g/mol. The van der Waals surface area contributed by atoms with E-state index in [0.717, 1.165) is 22.3 Å². The van der Waals surface area contributed by atoms with Crippen LogP contribution >= 0.6 is 0 Å². The zero-order chi connectivity index (χ0) is 20.8. The summed E-state index contributed by atoms with van der Waals surface area (Å²) in [7, 11) is 0. The molecule has 0 radical (unpaired) electrons. The van der Waals surface area contributed by atoms with E-state index in [2.05, 4.69) is 25.8 Å². The summed E-state index contributed by atoms with van der Waals surface area (Å²) >= 11 is 0. The second-order valence-corrected chi connectivity index (χ2v) is 8.49. The zero-order valence-electron chi connectivity index (χ0n) is 17.1. The third-order valence-electron chi connectivity index (χ3n) is 6.53. The van der Waals surface area contributed by atoms with E-state index in [4.69, 9.17) is 4.52 Å². The van der Waals surface area contributed by atoms with Crippen molar-refractivity contribution in [3.05, 3.63) is 60.7 Å².